The maximum Gasteiger partial charge on any atom is 0.289 e. The molecule has 0 atom stereocenters. The fourth-order valence-electron chi connectivity index (χ4n) is 1.23. The highest BCUT2D eigenvalue weighted by Crippen LogP contribution is 2.09. The van der Waals surface area contributed by atoms with E-state index in [0.717, 1.165) is 5.33 Å². The highest BCUT2D eigenvalue weighted by molar-refractivity contribution is 9.09. The van der Waals surface area contributed by atoms with E-state index in [-0.39, 0.29) is 11.9 Å². The molecule has 0 fully saturated rings. The average Bonchev–Trinajstić information content (AvgIpc) is 2.65. The van der Waals surface area contributed by atoms with E-state index in [4.69, 9.17) is 4.42 Å². The van der Waals surface area contributed by atoms with Crippen molar-refractivity contribution in [1.82, 2.24) is 4.90 Å². The van der Waals surface area contributed by atoms with Crippen LogP contribution in [0.15, 0.2) is 22.8 Å². The summed E-state index contributed by atoms with van der Waals surface area (Å²) in [6.45, 7) is 4.67. The van der Waals surface area contributed by atoms with E-state index >= 15 is 0 Å². The van der Waals surface area contributed by atoms with Crippen molar-refractivity contribution in [3.8, 4) is 0 Å². The number of nitrogens with zero attached hydrogens (tertiary/aromatic N) is 1. The summed E-state index contributed by atoms with van der Waals surface area (Å²) in [4.78, 5) is 13.6. The van der Waals surface area contributed by atoms with Gasteiger partial charge in [0.1, 0.15) is 0 Å². The molecule has 3 nitrogen and oxygen atoms in total. The van der Waals surface area contributed by atoms with Crippen molar-refractivity contribution in [2.24, 2.45) is 0 Å². The molecule has 0 N–H and O–H groups in total. The zero-order chi connectivity index (χ0) is 10.6. The van der Waals surface area contributed by atoms with Crippen LogP contribution in [-0.2, 0) is 0 Å². The smallest absolute Gasteiger partial charge is 0.289 e. The number of carbonyl (C=O) groups excluding carboxylic acids is 1. The molecule has 0 bridgehead atoms. The van der Waals surface area contributed by atoms with Crippen molar-refractivity contribution in [3.05, 3.63) is 24.2 Å². The molecule has 0 aliphatic rings. The summed E-state index contributed by atoms with van der Waals surface area (Å²) >= 11 is 3.33. The topological polar surface area (TPSA) is 33.5 Å². The molecule has 1 amide bonds. The molecule has 0 aliphatic carbocycles. The molecule has 14 heavy (non-hydrogen) atoms. The summed E-state index contributed by atoms with van der Waals surface area (Å²) in [7, 11) is 0. The van der Waals surface area contributed by atoms with Crippen LogP contribution in [0.2, 0.25) is 0 Å². The number of amides is 1. The van der Waals surface area contributed by atoms with Crippen LogP contribution in [0, 0.1) is 0 Å². The minimum absolute atomic E-state index is 0.0514. The minimum atomic E-state index is -0.0514. The third-order valence-electron chi connectivity index (χ3n) is 1.94. The highest BCUT2D eigenvalue weighted by Gasteiger charge is 2.19. The van der Waals surface area contributed by atoms with Gasteiger partial charge in [0, 0.05) is 17.9 Å². The van der Waals surface area contributed by atoms with Gasteiger partial charge in [-0.1, -0.05) is 15.9 Å². The third-order valence-corrected chi connectivity index (χ3v) is 2.30. The quantitative estimate of drug-likeness (QED) is 0.779. The lowest BCUT2D eigenvalue weighted by Gasteiger charge is -2.24. The standard InChI is InChI=1S/C10H14BrNO2/c1-8(2)12(6-5-11)10(13)9-4-3-7-14-9/h3-4,7-8H,5-6H2,1-2H3. The maximum absolute atomic E-state index is 11.8. The first-order valence-electron chi connectivity index (χ1n) is 4.57. The van der Waals surface area contributed by atoms with Gasteiger partial charge in [0.25, 0.3) is 5.91 Å². The number of furan rings is 1. The number of carbonyl (C=O) groups is 1. The van der Waals surface area contributed by atoms with E-state index in [0.29, 0.717) is 12.3 Å². The highest BCUT2D eigenvalue weighted by atomic mass is 79.9. The van der Waals surface area contributed by atoms with E-state index in [1.54, 1.807) is 17.0 Å². The molecule has 78 valence electrons. The van der Waals surface area contributed by atoms with Gasteiger partial charge in [0.15, 0.2) is 5.76 Å². The van der Waals surface area contributed by atoms with Gasteiger partial charge in [-0.25, -0.2) is 0 Å². The van der Waals surface area contributed by atoms with Crippen LogP contribution in [0.3, 0.4) is 0 Å². The zero-order valence-electron chi connectivity index (χ0n) is 8.37. The second-order valence-electron chi connectivity index (χ2n) is 3.26. The van der Waals surface area contributed by atoms with Gasteiger partial charge in [-0.15, -0.1) is 0 Å². The van der Waals surface area contributed by atoms with Crippen molar-refractivity contribution in [1.29, 1.82) is 0 Å². The predicted molar refractivity (Wildman–Crippen MR) is 58.7 cm³/mol. The Kier molecular flexibility index (Phi) is 4.20. The Labute approximate surface area is 92.2 Å². The lowest BCUT2D eigenvalue weighted by Crippen LogP contribution is -2.38. The fraction of sp³-hybridized carbons (Fsp3) is 0.500. The SMILES string of the molecule is CC(C)N(CCBr)C(=O)c1ccco1. The summed E-state index contributed by atoms with van der Waals surface area (Å²) in [6, 6.07) is 3.59. The van der Waals surface area contributed by atoms with Crippen LogP contribution in [-0.4, -0.2) is 28.7 Å². The van der Waals surface area contributed by atoms with Crippen molar-refractivity contribution < 1.29 is 9.21 Å². The number of alkyl halides is 1. The molecule has 0 aliphatic heterocycles. The van der Waals surface area contributed by atoms with Crippen LogP contribution in [0.5, 0.6) is 0 Å². The first kappa shape index (κ1) is 11.3. The van der Waals surface area contributed by atoms with E-state index in [9.17, 15) is 4.79 Å². The van der Waals surface area contributed by atoms with Crippen LogP contribution in [0.25, 0.3) is 0 Å². The second kappa shape index (κ2) is 5.20. The summed E-state index contributed by atoms with van der Waals surface area (Å²) in [5.74, 6) is 0.351. The number of halogens is 1. The molecule has 1 rings (SSSR count). The predicted octanol–water partition coefficient (Wildman–Crippen LogP) is 2.53. The number of rotatable bonds is 4. The van der Waals surface area contributed by atoms with Crippen LogP contribution in [0.1, 0.15) is 24.4 Å². The Morgan fingerprint density at radius 3 is 2.79 bits per heavy atom. The molecule has 1 aromatic heterocycles. The van der Waals surface area contributed by atoms with Gasteiger partial charge in [-0.05, 0) is 26.0 Å². The Hall–Kier alpha value is -0.770. The Morgan fingerprint density at radius 2 is 2.36 bits per heavy atom. The normalized spacial score (nSPS) is 10.6. The Balaban J connectivity index is 2.74. The molecular formula is C10H14BrNO2. The second-order valence-corrected chi connectivity index (χ2v) is 4.05. The molecule has 0 radical (unpaired) electrons. The van der Waals surface area contributed by atoms with E-state index in [2.05, 4.69) is 15.9 Å². The molecule has 0 unspecified atom stereocenters. The van der Waals surface area contributed by atoms with Gasteiger partial charge in [0.05, 0.1) is 6.26 Å². The minimum Gasteiger partial charge on any atom is -0.459 e. The first-order chi connectivity index (χ1) is 6.66. The van der Waals surface area contributed by atoms with Gasteiger partial charge in [-0.2, -0.15) is 0 Å². The van der Waals surface area contributed by atoms with E-state index in [1.807, 2.05) is 13.8 Å². The molecule has 4 heteroatoms. The lowest BCUT2D eigenvalue weighted by molar-refractivity contribution is 0.0687. The van der Waals surface area contributed by atoms with E-state index < -0.39 is 0 Å². The lowest BCUT2D eigenvalue weighted by atomic mass is 10.3. The van der Waals surface area contributed by atoms with Crippen molar-refractivity contribution in [3.63, 3.8) is 0 Å². The van der Waals surface area contributed by atoms with Gasteiger partial charge in [-0.3, -0.25) is 4.79 Å². The molecule has 0 spiro atoms. The zero-order valence-corrected chi connectivity index (χ0v) is 9.95. The summed E-state index contributed by atoms with van der Waals surface area (Å²) in [6.07, 6.45) is 1.51. The Morgan fingerprint density at radius 1 is 1.64 bits per heavy atom. The largest absolute Gasteiger partial charge is 0.459 e. The molecule has 0 aromatic carbocycles. The molecule has 0 saturated heterocycles. The third kappa shape index (κ3) is 2.61. The maximum atomic E-state index is 11.8. The van der Waals surface area contributed by atoms with Crippen molar-refractivity contribution >= 4 is 21.8 Å². The van der Waals surface area contributed by atoms with Gasteiger partial charge in [0.2, 0.25) is 0 Å². The average molecular weight is 260 g/mol. The van der Waals surface area contributed by atoms with Crippen LogP contribution >= 0.6 is 15.9 Å². The van der Waals surface area contributed by atoms with Crippen LogP contribution in [0.4, 0.5) is 0 Å². The molecule has 1 heterocycles. The van der Waals surface area contributed by atoms with Crippen molar-refractivity contribution in [2.45, 2.75) is 19.9 Å². The molecule has 0 saturated carbocycles. The summed E-state index contributed by atoms with van der Waals surface area (Å²) in [5, 5.41) is 0.775. The van der Waals surface area contributed by atoms with Crippen molar-refractivity contribution in [2.75, 3.05) is 11.9 Å². The first-order valence-corrected chi connectivity index (χ1v) is 5.69. The van der Waals surface area contributed by atoms with Crippen LogP contribution < -0.4 is 0 Å². The van der Waals surface area contributed by atoms with Gasteiger partial charge < -0.3 is 9.32 Å². The molecule has 1 aromatic rings. The number of hydrogen-bond acceptors (Lipinski definition) is 2. The fourth-order valence-corrected chi connectivity index (χ4v) is 1.61. The summed E-state index contributed by atoms with van der Waals surface area (Å²) in [5.41, 5.74) is 0. The monoisotopic (exact) mass is 259 g/mol. The number of hydrogen-bond donors (Lipinski definition) is 0. The molecular weight excluding hydrogens is 246 g/mol. The Bertz CT molecular complexity index is 282. The summed E-state index contributed by atoms with van der Waals surface area (Å²) < 4.78 is 5.07. The van der Waals surface area contributed by atoms with Gasteiger partial charge >= 0.3 is 0 Å². The van der Waals surface area contributed by atoms with E-state index in [1.165, 1.54) is 6.26 Å².